The monoisotopic (exact) mass is 224 g/mol. The van der Waals surface area contributed by atoms with Crippen molar-refractivity contribution in [2.75, 3.05) is 6.54 Å². The normalized spacial score (nSPS) is 28.5. The number of thiophene rings is 1. The molecule has 2 unspecified atom stereocenters. The van der Waals surface area contributed by atoms with Gasteiger partial charge in [0.2, 0.25) is 0 Å². The molecule has 0 aromatic carbocycles. The quantitative estimate of drug-likeness (QED) is 0.794. The number of likely N-dealkylation sites (tertiary alicyclic amines) is 1. The lowest BCUT2D eigenvalue weighted by Crippen LogP contribution is -2.43. The second kappa shape index (κ2) is 3.89. The van der Waals surface area contributed by atoms with Crippen LogP contribution in [0.1, 0.15) is 38.1 Å². The van der Waals surface area contributed by atoms with Crippen molar-refractivity contribution < 1.29 is 0 Å². The summed E-state index contributed by atoms with van der Waals surface area (Å²) in [6, 6.07) is 5.04. The van der Waals surface area contributed by atoms with Gasteiger partial charge in [0.1, 0.15) is 0 Å². The highest BCUT2D eigenvalue weighted by Gasteiger charge is 2.39. The predicted octanol–water partition coefficient (Wildman–Crippen LogP) is 2.62. The molecular weight excluding hydrogens is 204 g/mol. The van der Waals surface area contributed by atoms with Crippen molar-refractivity contribution in [3.8, 4) is 0 Å². The van der Waals surface area contributed by atoms with Gasteiger partial charge in [0.15, 0.2) is 0 Å². The Hall–Kier alpha value is -0.380. The Labute approximate surface area is 96.1 Å². The molecule has 1 aliphatic rings. The Morgan fingerprint density at radius 2 is 2.20 bits per heavy atom. The first kappa shape index (κ1) is 11.1. The van der Waals surface area contributed by atoms with E-state index in [2.05, 4.69) is 43.2 Å². The Bertz CT molecular complexity index is 313. The standard InChI is InChI=1S/C12H20N2S/c1-12(2,3)14-7-6-9(13)11(14)10-5-4-8-15-10/h4-5,8-9,11H,6-7,13H2,1-3H3. The van der Waals surface area contributed by atoms with E-state index in [4.69, 9.17) is 5.73 Å². The zero-order chi connectivity index (χ0) is 11.1. The van der Waals surface area contributed by atoms with Crippen LogP contribution in [0.25, 0.3) is 0 Å². The maximum Gasteiger partial charge on any atom is 0.0598 e. The molecule has 1 aliphatic heterocycles. The molecule has 1 fully saturated rings. The summed E-state index contributed by atoms with van der Waals surface area (Å²) in [4.78, 5) is 3.94. The van der Waals surface area contributed by atoms with Gasteiger partial charge in [-0.05, 0) is 38.6 Å². The van der Waals surface area contributed by atoms with Crippen LogP contribution in [-0.4, -0.2) is 23.0 Å². The maximum absolute atomic E-state index is 6.22. The van der Waals surface area contributed by atoms with Gasteiger partial charge in [0.05, 0.1) is 6.04 Å². The van der Waals surface area contributed by atoms with Crippen LogP contribution in [0.2, 0.25) is 0 Å². The number of hydrogen-bond donors (Lipinski definition) is 1. The van der Waals surface area contributed by atoms with Gasteiger partial charge >= 0.3 is 0 Å². The van der Waals surface area contributed by atoms with Gasteiger partial charge in [-0.1, -0.05) is 6.07 Å². The summed E-state index contributed by atoms with van der Waals surface area (Å²) >= 11 is 1.82. The zero-order valence-electron chi connectivity index (χ0n) is 9.73. The van der Waals surface area contributed by atoms with Gasteiger partial charge in [-0.25, -0.2) is 0 Å². The molecular formula is C12H20N2S. The van der Waals surface area contributed by atoms with Gasteiger partial charge in [-0.2, -0.15) is 0 Å². The fourth-order valence-corrected chi connectivity index (χ4v) is 3.31. The first-order chi connectivity index (χ1) is 7.00. The first-order valence-electron chi connectivity index (χ1n) is 5.56. The van der Waals surface area contributed by atoms with Crippen LogP contribution in [0.4, 0.5) is 0 Å². The van der Waals surface area contributed by atoms with Crippen LogP contribution < -0.4 is 5.73 Å². The predicted molar refractivity (Wildman–Crippen MR) is 66.1 cm³/mol. The van der Waals surface area contributed by atoms with E-state index in [1.165, 1.54) is 4.88 Å². The molecule has 1 saturated heterocycles. The third-order valence-electron chi connectivity index (χ3n) is 3.14. The average Bonchev–Trinajstić information content (AvgIpc) is 2.69. The molecule has 2 rings (SSSR count). The summed E-state index contributed by atoms with van der Waals surface area (Å²) in [5.41, 5.74) is 6.43. The third kappa shape index (κ3) is 2.10. The number of hydrogen-bond acceptors (Lipinski definition) is 3. The van der Waals surface area contributed by atoms with E-state index >= 15 is 0 Å². The summed E-state index contributed by atoms with van der Waals surface area (Å²) in [7, 11) is 0. The van der Waals surface area contributed by atoms with Gasteiger partial charge in [0, 0.05) is 23.0 Å². The van der Waals surface area contributed by atoms with E-state index < -0.39 is 0 Å². The molecule has 1 aromatic heterocycles. The number of nitrogens with two attached hydrogens (primary N) is 1. The summed E-state index contributed by atoms with van der Waals surface area (Å²) in [6.07, 6.45) is 1.11. The minimum atomic E-state index is 0.211. The highest BCUT2D eigenvalue weighted by Crippen LogP contribution is 2.38. The van der Waals surface area contributed by atoms with E-state index in [1.54, 1.807) is 0 Å². The molecule has 0 saturated carbocycles. The maximum atomic E-state index is 6.22. The third-order valence-corrected chi connectivity index (χ3v) is 4.08. The second-order valence-corrected chi connectivity index (χ2v) is 6.26. The molecule has 2 N–H and O–H groups in total. The van der Waals surface area contributed by atoms with Crippen molar-refractivity contribution in [1.82, 2.24) is 4.90 Å². The Morgan fingerprint density at radius 1 is 1.47 bits per heavy atom. The zero-order valence-corrected chi connectivity index (χ0v) is 10.6. The molecule has 0 radical (unpaired) electrons. The highest BCUT2D eigenvalue weighted by atomic mass is 32.1. The molecule has 2 heterocycles. The van der Waals surface area contributed by atoms with Crippen molar-refractivity contribution in [3.05, 3.63) is 22.4 Å². The van der Waals surface area contributed by atoms with Crippen LogP contribution in [0.3, 0.4) is 0 Å². The first-order valence-corrected chi connectivity index (χ1v) is 6.44. The van der Waals surface area contributed by atoms with E-state index in [1.807, 2.05) is 11.3 Å². The second-order valence-electron chi connectivity index (χ2n) is 5.28. The van der Waals surface area contributed by atoms with E-state index in [9.17, 15) is 0 Å². The summed E-state index contributed by atoms with van der Waals surface area (Å²) < 4.78 is 0. The van der Waals surface area contributed by atoms with E-state index in [0.717, 1.165) is 13.0 Å². The fourth-order valence-electron chi connectivity index (χ4n) is 2.39. The lowest BCUT2D eigenvalue weighted by molar-refractivity contribution is 0.119. The minimum Gasteiger partial charge on any atom is -0.326 e. The average molecular weight is 224 g/mol. The van der Waals surface area contributed by atoms with Gasteiger partial charge in [0.25, 0.3) is 0 Å². The molecule has 2 atom stereocenters. The van der Waals surface area contributed by atoms with Crippen LogP contribution in [0.15, 0.2) is 17.5 Å². The smallest absolute Gasteiger partial charge is 0.0598 e. The number of nitrogens with zero attached hydrogens (tertiary/aromatic N) is 1. The van der Waals surface area contributed by atoms with Gasteiger partial charge < -0.3 is 5.73 Å². The molecule has 84 valence electrons. The summed E-state index contributed by atoms with van der Waals surface area (Å²) in [5, 5.41) is 2.14. The van der Waals surface area contributed by atoms with Crippen molar-refractivity contribution in [2.24, 2.45) is 5.73 Å². The fraction of sp³-hybridized carbons (Fsp3) is 0.667. The highest BCUT2D eigenvalue weighted by molar-refractivity contribution is 7.10. The summed E-state index contributed by atoms with van der Waals surface area (Å²) in [6.45, 7) is 7.93. The van der Waals surface area contributed by atoms with E-state index in [-0.39, 0.29) is 5.54 Å². The van der Waals surface area contributed by atoms with Crippen molar-refractivity contribution in [3.63, 3.8) is 0 Å². The Kier molecular flexibility index (Phi) is 2.88. The molecule has 1 aromatic rings. The molecule has 3 heteroatoms. The Balaban J connectivity index is 2.27. The van der Waals surface area contributed by atoms with Crippen molar-refractivity contribution in [2.45, 2.75) is 44.8 Å². The SMILES string of the molecule is CC(C)(C)N1CCC(N)C1c1cccs1. The van der Waals surface area contributed by atoms with Crippen molar-refractivity contribution >= 4 is 11.3 Å². The topological polar surface area (TPSA) is 29.3 Å². The molecule has 0 spiro atoms. The molecule has 0 bridgehead atoms. The van der Waals surface area contributed by atoms with Crippen LogP contribution in [0, 0.1) is 0 Å². The van der Waals surface area contributed by atoms with Gasteiger partial charge in [-0.3, -0.25) is 4.90 Å². The summed E-state index contributed by atoms with van der Waals surface area (Å²) in [5.74, 6) is 0. The largest absolute Gasteiger partial charge is 0.326 e. The number of rotatable bonds is 1. The van der Waals surface area contributed by atoms with Gasteiger partial charge in [-0.15, -0.1) is 11.3 Å². The molecule has 0 aliphatic carbocycles. The molecule has 2 nitrogen and oxygen atoms in total. The van der Waals surface area contributed by atoms with Crippen LogP contribution in [-0.2, 0) is 0 Å². The van der Waals surface area contributed by atoms with Crippen LogP contribution >= 0.6 is 11.3 Å². The van der Waals surface area contributed by atoms with Crippen molar-refractivity contribution in [1.29, 1.82) is 0 Å². The minimum absolute atomic E-state index is 0.211. The molecule has 0 amide bonds. The molecule has 15 heavy (non-hydrogen) atoms. The lowest BCUT2D eigenvalue weighted by atomic mass is 10.0. The van der Waals surface area contributed by atoms with E-state index in [0.29, 0.717) is 12.1 Å². The lowest BCUT2D eigenvalue weighted by Gasteiger charge is -2.37. The Morgan fingerprint density at radius 3 is 2.73 bits per heavy atom. The van der Waals surface area contributed by atoms with Crippen LogP contribution in [0.5, 0.6) is 0 Å².